The Kier molecular flexibility index (Phi) is 3.60. The van der Waals surface area contributed by atoms with Gasteiger partial charge < -0.3 is 4.57 Å². The van der Waals surface area contributed by atoms with E-state index < -0.39 is 5.41 Å². The Hall–Kier alpha value is -1.84. The largest absolute Gasteiger partial charge is 0.310 e. The van der Waals surface area contributed by atoms with E-state index in [9.17, 15) is 4.79 Å². The standard InChI is InChI=1S/C15H21N3O/c1-5-10-18-12-9-7-6-8-11(12)16-14(18)17-13(19)15(2,3)4/h6-9H,5,10H2,1-4H3,(H,16,17,19). The minimum absolute atomic E-state index is 0.0137. The van der Waals surface area contributed by atoms with Crippen molar-refractivity contribution in [2.24, 2.45) is 5.41 Å². The lowest BCUT2D eigenvalue weighted by Crippen LogP contribution is -2.29. The van der Waals surface area contributed by atoms with Gasteiger partial charge >= 0.3 is 0 Å². The van der Waals surface area contributed by atoms with E-state index in [-0.39, 0.29) is 5.91 Å². The summed E-state index contributed by atoms with van der Waals surface area (Å²) in [6.45, 7) is 8.66. The van der Waals surface area contributed by atoms with E-state index in [0.29, 0.717) is 5.95 Å². The van der Waals surface area contributed by atoms with E-state index in [1.165, 1.54) is 0 Å². The van der Waals surface area contributed by atoms with Gasteiger partial charge in [-0.2, -0.15) is 0 Å². The molecule has 0 radical (unpaired) electrons. The second-order valence-corrected chi connectivity index (χ2v) is 5.78. The molecule has 0 aliphatic carbocycles. The SMILES string of the molecule is CCCn1c(NC(=O)C(C)(C)C)nc2ccccc21. The first-order valence-electron chi connectivity index (χ1n) is 6.70. The summed E-state index contributed by atoms with van der Waals surface area (Å²) in [5.41, 5.74) is 1.56. The highest BCUT2D eigenvalue weighted by molar-refractivity contribution is 5.94. The molecule has 0 bridgehead atoms. The topological polar surface area (TPSA) is 46.9 Å². The molecule has 19 heavy (non-hydrogen) atoms. The molecule has 0 spiro atoms. The van der Waals surface area contributed by atoms with Crippen LogP contribution in [0.2, 0.25) is 0 Å². The maximum absolute atomic E-state index is 12.1. The third-order valence-corrected chi connectivity index (χ3v) is 3.01. The van der Waals surface area contributed by atoms with Crippen LogP contribution in [0.1, 0.15) is 34.1 Å². The number of aryl methyl sites for hydroxylation is 1. The lowest BCUT2D eigenvalue weighted by molar-refractivity contribution is -0.123. The summed E-state index contributed by atoms with van der Waals surface area (Å²) in [6, 6.07) is 7.95. The number of carbonyl (C=O) groups is 1. The highest BCUT2D eigenvalue weighted by Crippen LogP contribution is 2.22. The Balaban J connectivity index is 2.42. The van der Waals surface area contributed by atoms with E-state index in [0.717, 1.165) is 24.0 Å². The molecule has 4 heteroatoms. The van der Waals surface area contributed by atoms with Gasteiger partial charge in [0.1, 0.15) is 0 Å². The zero-order valence-corrected chi connectivity index (χ0v) is 12.0. The molecule has 0 fully saturated rings. The zero-order chi connectivity index (χ0) is 14.0. The Morgan fingerprint density at radius 1 is 1.32 bits per heavy atom. The first-order chi connectivity index (χ1) is 8.93. The molecule has 102 valence electrons. The summed E-state index contributed by atoms with van der Waals surface area (Å²) in [5, 5.41) is 2.94. The third kappa shape index (κ3) is 2.78. The van der Waals surface area contributed by atoms with Crippen LogP contribution >= 0.6 is 0 Å². The third-order valence-electron chi connectivity index (χ3n) is 3.01. The van der Waals surface area contributed by atoms with Crippen molar-refractivity contribution in [2.45, 2.75) is 40.7 Å². The van der Waals surface area contributed by atoms with Crippen molar-refractivity contribution < 1.29 is 4.79 Å². The van der Waals surface area contributed by atoms with Crippen LogP contribution in [0.3, 0.4) is 0 Å². The number of para-hydroxylation sites is 2. The van der Waals surface area contributed by atoms with Crippen LogP contribution < -0.4 is 5.32 Å². The molecule has 1 aromatic heterocycles. The van der Waals surface area contributed by atoms with Gasteiger partial charge in [-0.1, -0.05) is 39.8 Å². The number of nitrogens with zero attached hydrogens (tertiary/aromatic N) is 2. The molecular weight excluding hydrogens is 238 g/mol. The van der Waals surface area contributed by atoms with Crippen LogP contribution in [0.4, 0.5) is 5.95 Å². The summed E-state index contributed by atoms with van der Waals surface area (Å²) >= 11 is 0. The molecule has 0 saturated carbocycles. The van der Waals surface area contributed by atoms with Crippen LogP contribution in [0, 0.1) is 5.41 Å². The van der Waals surface area contributed by atoms with Crippen molar-refractivity contribution in [3.8, 4) is 0 Å². The molecule has 1 heterocycles. The lowest BCUT2D eigenvalue weighted by Gasteiger charge is -2.17. The van der Waals surface area contributed by atoms with Gasteiger partial charge in [-0.25, -0.2) is 4.98 Å². The summed E-state index contributed by atoms with van der Waals surface area (Å²) < 4.78 is 2.07. The highest BCUT2D eigenvalue weighted by Gasteiger charge is 2.23. The van der Waals surface area contributed by atoms with Crippen LogP contribution in [0.5, 0.6) is 0 Å². The number of imidazole rings is 1. The molecule has 0 aliphatic rings. The van der Waals surface area contributed by atoms with Crippen molar-refractivity contribution >= 4 is 22.9 Å². The predicted octanol–water partition coefficient (Wildman–Crippen LogP) is 3.43. The van der Waals surface area contributed by atoms with Gasteiger partial charge in [0.25, 0.3) is 0 Å². The van der Waals surface area contributed by atoms with Crippen molar-refractivity contribution in [3.05, 3.63) is 24.3 Å². The van der Waals surface area contributed by atoms with Gasteiger partial charge in [0.2, 0.25) is 11.9 Å². The number of nitrogens with one attached hydrogen (secondary N) is 1. The second kappa shape index (κ2) is 5.03. The van der Waals surface area contributed by atoms with Gasteiger partial charge in [-0.05, 0) is 18.6 Å². The number of aromatic nitrogens is 2. The zero-order valence-electron chi connectivity index (χ0n) is 12.0. The fourth-order valence-corrected chi connectivity index (χ4v) is 1.91. The minimum Gasteiger partial charge on any atom is -0.310 e. The number of hydrogen-bond donors (Lipinski definition) is 1. The molecule has 2 aromatic rings. The van der Waals surface area contributed by atoms with Crippen molar-refractivity contribution in [1.82, 2.24) is 9.55 Å². The average molecular weight is 259 g/mol. The van der Waals surface area contributed by atoms with Crippen LogP contribution in [0.25, 0.3) is 11.0 Å². The molecule has 1 aromatic carbocycles. The number of amides is 1. The monoisotopic (exact) mass is 259 g/mol. The Labute approximate surface area is 113 Å². The highest BCUT2D eigenvalue weighted by atomic mass is 16.2. The van der Waals surface area contributed by atoms with Gasteiger partial charge in [-0.3, -0.25) is 10.1 Å². The van der Waals surface area contributed by atoms with E-state index in [1.54, 1.807) is 0 Å². The van der Waals surface area contributed by atoms with Crippen molar-refractivity contribution in [1.29, 1.82) is 0 Å². The average Bonchev–Trinajstić information content (AvgIpc) is 2.67. The van der Waals surface area contributed by atoms with Crippen molar-refractivity contribution in [3.63, 3.8) is 0 Å². The molecule has 1 amide bonds. The van der Waals surface area contributed by atoms with Crippen LogP contribution in [-0.2, 0) is 11.3 Å². The number of rotatable bonds is 3. The summed E-state index contributed by atoms with van der Waals surface area (Å²) in [7, 11) is 0. The molecule has 0 unspecified atom stereocenters. The smallest absolute Gasteiger partial charge is 0.232 e. The van der Waals surface area contributed by atoms with E-state index in [4.69, 9.17) is 0 Å². The Bertz CT molecular complexity index is 593. The summed E-state index contributed by atoms with van der Waals surface area (Å²) in [6.07, 6.45) is 0.999. The molecule has 0 atom stereocenters. The number of hydrogen-bond acceptors (Lipinski definition) is 2. The van der Waals surface area contributed by atoms with Crippen LogP contribution in [-0.4, -0.2) is 15.5 Å². The first-order valence-corrected chi connectivity index (χ1v) is 6.70. The van der Waals surface area contributed by atoms with E-state index >= 15 is 0 Å². The Morgan fingerprint density at radius 2 is 2.00 bits per heavy atom. The van der Waals surface area contributed by atoms with Crippen molar-refractivity contribution in [2.75, 3.05) is 5.32 Å². The number of benzene rings is 1. The van der Waals surface area contributed by atoms with Gasteiger partial charge in [0.05, 0.1) is 11.0 Å². The fourth-order valence-electron chi connectivity index (χ4n) is 1.91. The molecule has 0 saturated heterocycles. The minimum atomic E-state index is -0.421. The second-order valence-electron chi connectivity index (χ2n) is 5.78. The maximum atomic E-state index is 12.1. The van der Waals surface area contributed by atoms with Gasteiger partial charge in [0.15, 0.2) is 0 Å². The normalized spacial score (nSPS) is 11.8. The summed E-state index contributed by atoms with van der Waals surface area (Å²) in [4.78, 5) is 16.6. The Morgan fingerprint density at radius 3 is 2.63 bits per heavy atom. The summed E-state index contributed by atoms with van der Waals surface area (Å²) in [5.74, 6) is 0.628. The predicted molar refractivity (Wildman–Crippen MR) is 78.1 cm³/mol. The molecule has 1 N–H and O–H groups in total. The quantitative estimate of drug-likeness (QED) is 0.918. The molecule has 0 aliphatic heterocycles. The van der Waals surface area contributed by atoms with Crippen LogP contribution in [0.15, 0.2) is 24.3 Å². The van der Waals surface area contributed by atoms with Gasteiger partial charge in [-0.15, -0.1) is 0 Å². The molecule has 4 nitrogen and oxygen atoms in total. The van der Waals surface area contributed by atoms with E-state index in [1.807, 2.05) is 45.0 Å². The van der Waals surface area contributed by atoms with Gasteiger partial charge in [0, 0.05) is 12.0 Å². The lowest BCUT2D eigenvalue weighted by atomic mass is 9.96. The number of fused-ring (bicyclic) bond motifs is 1. The molecule has 2 rings (SSSR count). The number of carbonyl (C=O) groups excluding carboxylic acids is 1. The van der Waals surface area contributed by atoms with E-state index in [2.05, 4.69) is 21.8 Å². The fraction of sp³-hybridized carbons (Fsp3) is 0.467. The number of anilines is 1. The molecular formula is C15H21N3O. The first kappa shape index (κ1) is 13.6. The maximum Gasteiger partial charge on any atom is 0.232 e.